The molecule has 28 heavy (non-hydrogen) atoms. The first-order valence-corrected chi connectivity index (χ1v) is 9.66. The van der Waals surface area contributed by atoms with Crippen molar-refractivity contribution in [2.24, 2.45) is 0 Å². The molecule has 1 aliphatic rings. The Bertz CT molecular complexity index is 990. The molecular weight excluding hydrogens is 354 g/mol. The highest BCUT2D eigenvalue weighted by Gasteiger charge is 2.21. The van der Waals surface area contributed by atoms with Crippen LogP contribution < -0.4 is 9.47 Å². The first-order valence-electron chi connectivity index (χ1n) is 9.66. The fourth-order valence-corrected chi connectivity index (χ4v) is 3.81. The van der Waals surface area contributed by atoms with Gasteiger partial charge in [0, 0.05) is 18.7 Å². The SMILES string of the molecule is COc1ccc(-c2nc3ccccc3n2CC(=O)N2CCCCC2)cc1OC. The van der Waals surface area contributed by atoms with Gasteiger partial charge < -0.3 is 18.9 Å². The topological polar surface area (TPSA) is 56.6 Å². The zero-order valence-electron chi connectivity index (χ0n) is 16.4. The second-order valence-electron chi connectivity index (χ2n) is 7.02. The fraction of sp³-hybridized carbons (Fsp3) is 0.364. The summed E-state index contributed by atoms with van der Waals surface area (Å²) in [6, 6.07) is 13.6. The number of hydrogen-bond donors (Lipinski definition) is 0. The Hall–Kier alpha value is -3.02. The van der Waals surface area contributed by atoms with Crippen LogP contribution in [-0.2, 0) is 11.3 Å². The summed E-state index contributed by atoms with van der Waals surface area (Å²) in [6.45, 7) is 1.97. The number of para-hydroxylation sites is 2. The first kappa shape index (κ1) is 18.3. The molecule has 2 aromatic carbocycles. The molecule has 4 rings (SSSR count). The molecule has 1 aromatic heterocycles. The monoisotopic (exact) mass is 379 g/mol. The number of carbonyl (C=O) groups excluding carboxylic acids is 1. The zero-order valence-corrected chi connectivity index (χ0v) is 16.4. The normalized spacial score (nSPS) is 14.3. The lowest BCUT2D eigenvalue weighted by molar-refractivity contribution is -0.132. The molecule has 0 atom stereocenters. The lowest BCUT2D eigenvalue weighted by Gasteiger charge is -2.27. The van der Waals surface area contributed by atoms with E-state index < -0.39 is 0 Å². The summed E-state index contributed by atoms with van der Waals surface area (Å²) < 4.78 is 12.8. The molecule has 3 aromatic rings. The summed E-state index contributed by atoms with van der Waals surface area (Å²) in [5, 5.41) is 0. The number of hydrogen-bond acceptors (Lipinski definition) is 4. The molecule has 0 saturated carbocycles. The van der Waals surface area contributed by atoms with E-state index >= 15 is 0 Å². The first-order chi connectivity index (χ1) is 13.7. The molecule has 2 heterocycles. The van der Waals surface area contributed by atoms with Crippen LogP contribution in [0.15, 0.2) is 42.5 Å². The second-order valence-corrected chi connectivity index (χ2v) is 7.02. The van der Waals surface area contributed by atoms with Crippen LogP contribution in [0.2, 0.25) is 0 Å². The van der Waals surface area contributed by atoms with Gasteiger partial charge in [-0.05, 0) is 49.6 Å². The van der Waals surface area contributed by atoms with Crippen LogP contribution in [0, 0.1) is 0 Å². The molecule has 1 aliphatic heterocycles. The van der Waals surface area contributed by atoms with E-state index in [0.717, 1.165) is 48.4 Å². The zero-order chi connectivity index (χ0) is 19.5. The van der Waals surface area contributed by atoms with Crippen LogP contribution in [0.3, 0.4) is 0 Å². The average Bonchev–Trinajstić information content (AvgIpc) is 3.12. The van der Waals surface area contributed by atoms with Gasteiger partial charge in [0.25, 0.3) is 0 Å². The maximum Gasteiger partial charge on any atom is 0.242 e. The van der Waals surface area contributed by atoms with Crippen molar-refractivity contribution in [3.05, 3.63) is 42.5 Å². The smallest absolute Gasteiger partial charge is 0.242 e. The van der Waals surface area contributed by atoms with Gasteiger partial charge in [0.05, 0.1) is 25.3 Å². The average molecular weight is 379 g/mol. The van der Waals surface area contributed by atoms with Crippen molar-refractivity contribution in [2.45, 2.75) is 25.8 Å². The van der Waals surface area contributed by atoms with Crippen LogP contribution in [0.1, 0.15) is 19.3 Å². The van der Waals surface area contributed by atoms with Crippen molar-refractivity contribution < 1.29 is 14.3 Å². The number of likely N-dealkylation sites (tertiary alicyclic amines) is 1. The van der Waals surface area contributed by atoms with Crippen molar-refractivity contribution in [2.75, 3.05) is 27.3 Å². The Kier molecular flexibility index (Phi) is 5.19. The molecular formula is C22H25N3O3. The third kappa shape index (κ3) is 3.42. The number of piperidine rings is 1. The minimum Gasteiger partial charge on any atom is -0.493 e. The van der Waals surface area contributed by atoms with E-state index in [9.17, 15) is 4.79 Å². The molecule has 0 spiro atoms. The van der Waals surface area contributed by atoms with Crippen molar-refractivity contribution in [1.29, 1.82) is 0 Å². The van der Waals surface area contributed by atoms with Gasteiger partial charge in [-0.2, -0.15) is 0 Å². The predicted octanol–water partition coefficient (Wildman–Crippen LogP) is 3.73. The Morgan fingerprint density at radius 3 is 2.50 bits per heavy atom. The molecule has 6 heteroatoms. The van der Waals surface area contributed by atoms with Gasteiger partial charge in [-0.3, -0.25) is 4.79 Å². The van der Waals surface area contributed by atoms with E-state index in [2.05, 4.69) is 0 Å². The maximum absolute atomic E-state index is 12.9. The quantitative estimate of drug-likeness (QED) is 0.678. The summed E-state index contributed by atoms with van der Waals surface area (Å²) in [6.07, 6.45) is 3.37. The van der Waals surface area contributed by atoms with Gasteiger partial charge in [-0.15, -0.1) is 0 Å². The van der Waals surface area contributed by atoms with Crippen molar-refractivity contribution in [3.8, 4) is 22.9 Å². The largest absolute Gasteiger partial charge is 0.493 e. The van der Waals surface area contributed by atoms with Crippen molar-refractivity contribution in [1.82, 2.24) is 14.5 Å². The lowest BCUT2D eigenvalue weighted by atomic mass is 10.1. The van der Waals surface area contributed by atoms with Crippen LogP contribution in [0.5, 0.6) is 11.5 Å². The highest BCUT2D eigenvalue weighted by molar-refractivity contribution is 5.85. The van der Waals surface area contributed by atoms with E-state index in [1.54, 1.807) is 14.2 Å². The van der Waals surface area contributed by atoms with E-state index in [1.165, 1.54) is 6.42 Å². The molecule has 146 valence electrons. The number of imidazole rings is 1. The fourth-order valence-electron chi connectivity index (χ4n) is 3.81. The molecule has 0 bridgehead atoms. The Morgan fingerprint density at radius 1 is 1.00 bits per heavy atom. The van der Waals surface area contributed by atoms with Gasteiger partial charge in [0.2, 0.25) is 5.91 Å². The van der Waals surface area contributed by atoms with E-state index in [-0.39, 0.29) is 12.5 Å². The molecule has 0 N–H and O–H groups in total. The standard InChI is InChI=1S/C22H25N3O3/c1-27-19-11-10-16(14-20(19)28-2)22-23-17-8-4-5-9-18(17)25(22)15-21(26)24-12-6-3-7-13-24/h4-5,8-11,14H,3,6-7,12-13,15H2,1-2H3. The molecule has 0 unspecified atom stereocenters. The maximum atomic E-state index is 12.9. The van der Waals surface area contributed by atoms with Gasteiger partial charge in [-0.1, -0.05) is 12.1 Å². The highest BCUT2D eigenvalue weighted by atomic mass is 16.5. The number of nitrogens with zero attached hydrogens (tertiary/aromatic N) is 3. The number of rotatable bonds is 5. The van der Waals surface area contributed by atoms with Gasteiger partial charge >= 0.3 is 0 Å². The Morgan fingerprint density at radius 2 is 1.75 bits per heavy atom. The summed E-state index contributed by atoms with van der Waals surface area (Å²) in [4.78, 5) is 19.7. The number of methoxy groups -OCH3 is 2. The summed E-state index contributed by atoms with van der Waals surface area (Å²) in [5.41, 5.74) is 2.72. The van der Waals surface area contributed by atoms with Crippen LogP contribution in [0.25, 0.3) is 22.4 Å². The van der Waals surface area contributed by atoms with Crippen LogP contribution in [0.4, 0.5) is 0 Å². The third-order valence-electron chi connectivity index (χ3n) is 5.30. The number of fused-ring (bicyclic) bond motifs is 1. The molecule has 1 fully saturated rings. The van der Waals surface area contributed by atoms with Gasteiger partial charge in [-0.25, -0.2) is 4.98 Å². The molecule has 1 saturated heterocycles. The molecule has 0 aliphatic carbocycles. The summed E-state index contributed by atoms with van der Waals surface area (Å²) in [5.74, 6) is 2.20. The highest BCUT2D eigenvalue weighted by Crippen LogP contribution is 2.33. The molecule has 0 radical (unpaired) electrons. The Balaban J connectivity index is 1.76. The van der Waals surface area contributed by atoms with Crippen molar-refractivity contribution >= 4 is 16.9 Å². The minimum absolute atomic E-state index is 0.143. The third-order valence-corrected chi connectivity index (χ3v) is 5.30. The molecule has 1 amide bonds. The number of amides is 1. The van der Waals surface area contributed by atoms with E-state index in [0.29, 0.717) is 11.5 Å². The number of carbonyl (C=O) groups is 1. The Labute approximate surface area is 164 Å². The number of aromatic nitrogens is 2. The summed E-state index contributed by atoms with van der Waals surface area (Å²) >= 11 is 0. The van der Waals surface area contributed by atoms with Gasteiger partial charge in [0.1, 0.15) is 12.4 Å². The number of ether oxygens (including phenoxy) is 2. The number of benzene rings is 2. The summed E-state index contributed by atoms with van der Waals surface area (Å²) in [7, 11) is 3.23. The van der Waals surface area contributed by atoms with Crippen LogP contribution in [-0.4, -0.2) is 47.7 Å². The predicted molar refractivity (Wildman–Crippen MR) is 109 cm³/mol. The second kappa shape index (κ2) is 7.92. The van der Waals surface area contributed by atoms with Crippen LogP contribution >= 0.6 is 0 Å². The van der Waals surface area contributed by atoms with E-state index in [1.807, 2.05) is 51.9 Å². The minimum atomic E-state index is 0.143. The molecule has 6 nitrogen and oxygen atoms in total. The lowest BCUT2D eigenvalue weighted by Crippen LogP contribution is -2.37. The van der Waals surface area contributed by atoms with Gasteiger partial charge in [0.15, 0.2) is 11.5 Å². The van der Waals surface area contributed by atoms with E-state index in [4.69, 9.17) is 14.5 Å². The van der Waals surface area contributed by atoms with Crippen molar-refractivity contribution in [3.63, 3.8) is 0 Å².